The number of carbonyl (C=O) groups excluding carboxylic acids is 2. The number of amides is 2. The summed E-state index contributed by atoms with van der Waals surface area (Å²) in [5.74, 6) is -0.223. The third-order valence-corrected chi connectivity index (χ3v) is 5.57. The van der Waals surface area contributed by atoms with Crippen molar-refractivity contribution in [3.8, 4) is 0 Å². The van der Waals surface area contributed by atoms with Crippen LogP contribution in [0.5, 0.6) is 0 Å². The van der Waals surface area contributed by atoms with Crippen LogP contribution in [0, 0.1) is 5.41 Å². The van der Waals surface area contributed by atoms with E-state index in [0.717, 1.165) is 62.7 Å². The molecule has 1 spiro atoms. The van der Waals surface area contributed by atoms with E-state index in [1.54, 1.807) is 18.7 Å². The molecule has 1 aromatic rings. The van der Waals surface area contributed by atoms with Crippen molar-refractivity contribution < 1.29 is 19.5 Å². The molecule has 2 amide bonds. The van der Waals surface area contributed by atoms with Gasteiger partial charge in [-0.2, -0.15) is 0 Å². The Hall–Kier alpha value is -1.92. The number of benzene rings is 1. The van der Waals surface area contributed by atoms with E-state index in [4.69, 9.17) is 9.94 Å². The van der Waals surface area contributed by atoms with Crippen molar-refractivity contribution in [2.24, 2.45) is 5.41 Å². The highest BCUT2D eigenvalue weighted by molar-refractivity contribution is 5.93. The number of methoxy groups -OCH3 is 1. The molecule has 1 fully saturated rings. The number of nitrogens with zero attached hydrogens (tertiary/aromatic N) is 1. The number of hydroxylamine groups is 1. The minimum Gasteiger partial charge on any atom is -0.385 e. The van der Waals surface area contributed by atoms with Gasteiger partial charge < -0.3 is 9.64 Å². The first-order valence-corrected chi connectivity index (χ1v) is 8.94. The van der Waals surface area contributed by atoms with Gasteiger partial charge in [0.05, 0.1) is 5.41 Å². The van der Waals surface area contributed by atoms with E-state index in [9.17, 15) is 9.59 Å². The number of likely N-dealkylation sites (tertiary alicyclic amines) is 1. The van der Waals surface area contributed by atoms with Gasteiger partial charge in [-0.1, -0.05) is 6.07 Å². The van der Waals surface area contributed by atoms with Crippen molar-refractivity contribution in [1.29, 1.82) is 0 Å². The number of carbonyl (C=O) groups is 2. The molecular weight excluding hydrogens is 320 g/mol. The molecule has 1 atom stereocenters. The molecule has 3 rings (SSSR count). The van der Waals surface area contributed by atoms with Crippen LogP contribution in [-0.4, -0.2) is 48.7 Å². The second-order valence-electron chi connectivity index (χ2n) is 7.12. The average molecular weight is 346 g/mol. The predicted octanol–water partition coefficient (Wildman–Crippen LogP) is 1.94. The fraction of sp³-hybridized carbons (Fsp3) is 0.579. The molecule has 136 valence electrons. The van der Waals surface area contributed by atoms with Crippen molar-refractivity contribution in [2.45, 2.75) is 38.5 Å². The molecule has 0 unspecified atom stereocenters. The zero-order valence-electron chi connectivity index (χ0n) is 14.7. The Morgan fingerprint density at radius 1 is 1.36 bits per heavy atom. The Bertz CT molecular complexity index is 661. The number of nitrogens with one attached hydrogen (secondary N) is 1. The highest BCUT2D eigenvalue weighted by Crippen LogP contribution is 2.43. The first kappa shape index (κ1) is 17.9. The number of ether oxygens (including phenoxy) is 1. The van der Waals surface area contributed by atoms with Crippen LogP contribution in [0.2, 0.25) is 0 Å². The second-order valence-corrected chi connectivity index (χ2v) is 7.12. The van der Waals surface area contributed by atoms with Gasteiger partial charge in [-0.25, -0.2) is 5.48 Å². The molecule has 1 aliphatic carbocycles. The lowest BCUT2D eigenvalue weighted by Crippen LogP contribution is -2.51. The van der Waals surface area contributed by atoms with E-state index in [-0.39, 0.29) is 11.3 Å². The summed E-state index contributed by atoms with van der Waals surface area (Å²) < 4.78 is 5.10. The largest absolute Gasteiger partial charge is 0.385 e. The van der Waals surface area contributed by atoms with Gasteiger partial charge in [-0.15, -0.1) is 0 Å². The van der Waals surface area contributed by atoms with Crippen LogP contribution in [0.15, 0.2) is 18.2 Å². The molecular formula is C19H26N2O4. The monoisotopic (exact) mass is 346 g/mol. The van der Waals surface area contributed by atoms with Gasteiger partial charge in [0.1, 0.15) is 0 Å². The fourth-order valence-electron chi connectivity index (χ4n) is 4.23. The van der Waals surface area contributed by atoms with Crippen LogP contribution in [0.1, 0.15) is 47.2 Å². The molecule has 0 saturated carbocycles. The minimum absolute atomic E-state index is 0.276. The lowest BCUT2D eigenvalue weighted by molar-refractivity contribution is -0.147. The fourth-order valence-corrected chi connectivity index (χ4v) is 4.23. The maximum Gasteiger partial charge on any atom is 0.274 e. The summed E-state index contributed by atoms with van der Waals surface area (Å²) in [6.45, 7) is 2.28. The Balaban J connectivity index is 1.76. The van der Waals surface area contributed by atoms with Crippen LogP contribution in [0.4, 0.5) is 0 Å². The number of hydrogen-bond donors (Lipinski definition) is 2. The summed E-state index contributed by atoms with van der Waals surface area (Å²) >= 11 is 0. The van der Waals surface area contributed by atoms with Gasteiger partial charge >= 0.3 is 0 Å². The lowest BCUT2D eigenvalue weighted by Gasteiger charge is -2.44. The molecule has 1 aromatic carbocycles. The van der Waals surface area contributed by atoms with Gasteiger partial charge in [-0.3, -0.25) is 14.8 Å². The van der Waals surface area contributed by atoms with Gasteiger partial charge in [0, 0.05) is 32.4 Å². The zero-order valence-corrected chi connectivity index (χ0v) is 14.7. The lowest BCUT2D eigenvalue weighted by atomic mass is 9.66. The third kappa shape index (κ3) is 3.55. The van der Waals surface area contributed by atoms with Gasteiger partial charge in [0.15, 0.2) is 0 Å². The number of fused-ring (bicyclic) bond motifs is 1. The average Bonchev–Trinajstić information content (AvgIpc) is 2.64. The van der Waals surface area contributed by atoms with E-state index in [2.05, 4.69) is 0 Å². The molecule has 25 heavy (non-hydrogen) atoms. The summed E-state index contributed by atoms with van der Waals surface area (Å²) in [6.07, 6.45) is 5.20. The number of hydrogen-bond acceptors (Lipinski definition) is 4. The first-order chi connectivity index (χ1) is 12.1. The molecule has 1 heterocycles. The van der Waals surface area contributed by atoms with E-state index in [1.807, 2.05) is 17.0 Å². The topological polar surface area (TPSA) is 78.9 Å². The maximum absolute atomic E-state index is 13.1. The van der Waals surface area contributed by atoms with Crippen LogP contribution < -0.4 is 5.48 Å². The highest BCUT2D eigenvalue weighted by Gasteiger charge is 2.45. The summed E-state index contributed by atoms with van der Waals surface area (Å²) in [4.78, 5) is 26.7. The molecule has 0 bridgehead atoms. The Morgan fingerprint density at radius 2 is 2.20 bits per heavy atom. The van der Waals surface area contributed by atoms with Crippen LogP contribution in [0.3, 0.4) is 0 Å². The Morgan fingerprint density at radius 3 is 2.96 bits per heavy atom. The molecule has 2 aliphatic rings. The Kier molecular flexibility index (Phi) is 5.39. The van der Waals surface area contributed by atoms with E-state index in [0.29, 0.717) is 12.2 Å². The van der Waals surface area contributed by atoms with Crippen LogP contribution in [0.25, 0.3) is 0 Å². The summed E-state index contributed by atoms with van der Waals surface area (Å²) in [7, 11) is 1.68. The molecule has 1 aliphatic heterocycles. The van der Waals surface area contributed by atoms with Crippen LogP contribution in [-0.2, 0) is 22.4 Å². The van der Waals surface area contributed by atoms with Gasteiger partial charge in [0.2, 0.25) is 5.91 Å². The number of piperidine rings is 1. The molecule has 0 aromatic heterocycles. The summed E-state index contributed by atoms with van der Waals surface area (Å²) in [5, 5.41) is 8.78. The normalized spacial score (nSPS) is 22.8. The van der Waals surface area contributed by atoms with E-state index in [1.165, 1.54) is 0 Å². The van der Waals surface area contributed by atoms with Gasteiger partial charge in [0.25, 0.3) is 5.91 Å². The van der Waals surface area contributed by atoms with Crippen molar-refractivity contribution in [3.63, 3.8) is 0 Å². The number of rotatable bonds is 5. The Labute approximate surface area is 148 Å². The second kappa shape index (κ2) is 7.54. The summed E-state index contributed by atoms with van der Waals surface area (Å²) in [5.41, 5.74) is 4.09. The van der Waals surface area contributed by atoms with Crippen molar-refractivity contribution >= 4 is 11.8 Å². The third-order valence-electron chi connectivity index (χ3n) is 5.57. The summed E-state index contributed by atoms with van der Waals surface area (Å²) in [6, 6.07) is 5.47. The molecule has 0 radical (unpaired) electrons. The molecule has 6 nitrogen and oxygen atoms in total. The molecule has 6 heteroatoms. The van der Waals surface area contributed by atoms with Crippen molar-refractivity contribution in [1.82, 2.24) is 10.4 Å². The molecule has 2 N–H and O–H groups in total. The minimum atomic E-state index is -0.499. The predicted molar refractivity (Wildman–Crippen MR) is 92.5 cm³/mol. The number of aryl methyl sites for hydroxylation is 1. The van der Waals surface area contributed by atoms with Gasteiger partial charge in [-0.05, 0) is 61.8 Å². The highest BCUT2D eigenvalue weighted by atomic mass is 16.5. The quantitative estimate of drug-likeness (QED) is 0.485. The van der Waals surface area contributed by atoms with E-state index < -0.39 is 5.91 Å². The molecule has 1 saturated heterocycles. The SMILES string of the molecule is COCCCN1CCC[C@]2(CCc3cc(C(=O)NO)ccc3C2)C1=O. The maximum atomic E-state index is 13.1. The van der Waals surface area contributed by atoms with Crippen molar-refractivity contribution in [3.05, 3.63) is 34.9 Å². The zero-order chi connectivity index (χ0) is 17.9. The standard InChI is InChI=1S/C19H26N2O4/c1-25-11-3-10-21-9-2-7-19(18(21)23)8-6-14-12-15(17(22)20-24)4-5-16(14)13-19/h4-5,12,24H,2-3,6-11,13H2,1H3,(H,20,22)/t19-/m1/s1. The first-order valence-electron chi connectivity index (χ1n) is 8.94. The van der Waals surface area contributed by atoms with Crippen LogP contribution >= 0.6 is 0 Å². The van der Waals surface area contributed by atoms with Crippen molar-refractivity contribution in [2.75, 3.05) is 26.8 Å². The smallest absolute Gasteiger partial charge is 0.274 e. The van der Waals surface area contributed by atoms with E-state index >= 15 is 0 Å².